The topological polar surface area (TPSA) is 102 Å². The van der Waals surface area contributed by atoms with Gasteiger partial charge in [-0.2, -0.15) is 0 Å². The Labute approximate surface area is 217 Å². The smallest absolute Gasteiger partial charge is 0.328 e. The second kappa shape index (κ2) is 10.5. The van der Waals surface area contributed by atoms with E-state index in [9.17, 15) is 4.79 Å². The Bertz CT molecular complexity index is 1010. The summed E-state index contributed by atoms with van der Waals surface area (Å²) in [7, 11) is 1.55. The normalized spacial score (nSPS) is 38.7. The molecule has 9 heteroatoms. The Kier molecular flexibility index (Phi) is 7.53. The van der Waals surface area contributed by atoms with Gasteiger partial charge in [0.2, 0.25) is 5.79 Å². The van der Waals surface area contributed by atoms with Crippen molar-refractivity contribution in [3.8, 4) is 11.5 Å². The van der Waals surface area contributed by atoms with Gasteiger partial charge in [0.15, 0.2) is 29.7 Å². The molecule has 1 unspecified atom stereocenters. The molecule has 4 heterocycles. The van der Waals surface area contributed by atoms with Gasteiger partial charge in [-0.1, -0.05) is 19.9 Å². The van der Waals surface area contributed by atoms with Gasteiger partial charge in [-0.3, -0.25) is 0 Å². The van der Waals surface area contributed by atoms with Crippen LogP contribution < -0.4 is 9.47 Å². The average Bonchev–Trinajstić information content (AvgIpc) is 3.11. The number of hydrogen-bond acceptors (Lipinski definition) is 8. The van der Waals surface area contributed by atoms with E-state index in [-0.39, 0.29) is 11.8 Å². The maximum atomic E-state index is 10.7. The Morgan fingerprint density at radius 3 is 2.76 bits per heavy atom. The number of aliphatic carboxylic acids is 1. The number of fused-ring (bicyclic) bond motifs is 2. The summed E-state index contributed by atoms with van der Waals surface area (Å²) >= 11 is 0. The highest BCUT2D eigenvalue weighted by atomic mass is 17.3. The summed E-state index contributed by atoms with van der Waals surface area (Å²) in [6.45, 7) is 7.31. The molecule has 37 heavy (non-hydrogen) atoms. The van der Waals surface area contributed by atoms with Gasteiger partial charge in [-0.25, -0.2) is 14.6 Å². The predicted molar refractivity (Wildman–Crippen MR) is 133 cm³/mol. The summed E-state index contributed by atoms with van der Waals surface area (Å²) in [5, 5.41) is 8.81. The van der Waals surface area contributed by atoms with Crippen molar-refractivity contribution in [1.29, 1.82) is 0 Å². The number of benzene rings is 1. The minimum atomic E-state index is -1.00. The minimum absolute atomic E-state index is 0.133. The molecule has 8 atom stereocenters. The van der Waals surface area contributed by atoms with E-state index in [0.29, 0.717) is 48.5 Å². The zero-order valence-electron chi connectivity index (χ0n) is 22.0. The van der Waals surface area contributed by atoms with E-state index in [1.165, 1.54) is 6.08 Å². The fourth-order valence-electron chi connectivity index (χ4n) is 6.58. The fourth-order valence-corrected chi connectivity index (χ4v) is 6.58. The van der Waals surface area contributed by atoms with Crippen LogP contribution in [0.4, 0.5) is 0 Å². The van der Waals surface area contributed by atoms with E-state index in [2.05, 4.69) is 13.8 Å². The molecule has 6 rings (SSSR count). The lowest BCUT2D eigenvalue weighted by Gasteiger charge is -2.60. The van der Waals surface area contributed by atoms with Crippen molar-refractivity contribution in [2.75, 3.05) is 20.3 Å². The molecule has 5 fully saturated rings. The van der Waals surface area contributed by atoms with E-state index in [1.807, 2.05) is 6.92 Å². The summed E-state index contributed by atoms with van der Waals surface area (Å²) in [5.74, 6) is 0.554. The van der Waals surface area contributed by atoms with Crippen LogP contribution in [0.2, 0.25) is 0 Å². The Balaban J connectivity index is 1.17. The van der Waals surface area contributed by atoms with Crippen LogP contribution in [0, 0.1) is 23.7 Å². The molecule has 5 aliphatic rings. The van der Waals surface area contributed by atoms with Gasteiger partial charge in [0.25, 0.3) is 0 Å². The minimum Gasteiger partial charge on any atom is -0.493 e. The summed E-state index contributed by atoms with van der Waals surface area (Å²) in [4.78, 5) is 22.8. The largest absolute Gasteiger partial charge is 0.493 e. The number of carboxylic acids is 1. The van der Waals surface area contributed by atoms with Crippen LogP contribution in [0.25, 0.3) is 6.08 Å². The Hall–Kier alpha value is -2.17. The molecule has 1 N–H and O–H groups in total. The van der Waals surface area contributed by atoms with Crippen molar-refractivity contribution in [3.63, 3.8) is 0 Å². The van der Waals surface area contributed by atoms with Gasteiger partial charge in [0, 0.05) is 30.8 Å². The van der Waals surface area contributed by atoms with E-state index in [0.717, 1.165) is 31.8 Å². The Morgan fingerprint density at radius 2 is 1.97 bits per heavy atom. The molecule has 1 saturated carbocycles. The van der Waals surface area contributed by atoms with Crippen LogP contribution >= 0.6 is 0 Å². The van der Waals surface area contributed by atoms with E-state index in [4.69, 9.17) is 38.6 Å². The zero-order valence-corrected chi connectivity index (χ0v) is 22.0. The first-order chi connectivity index (χ1) is 17.8. The number of rotatable bonds is 9. The molecular formula is C28H38O9. The molecule has 4 saturated heterocycles. The van der Waals surface area contributed by atoms with E-state index < -0.39 is 29.9 Å². The molecule has 0 aromatic heterocycles. The van der Waals surface area contributed by atoms with Crippen molar-refractivity contribution in [2.45, 2.75) is 76.8 Å². The standard InChI is InChI=1S/C28H38O9/c1-17-6-9-21-18(2)25(34-26-28(21)20(17)12-13-27(3,35-26)36-37-28)33-15-5-14-32-22-10-7-19(8-11-24(29)30)16-23(22)31-4/h7-8,10-11,16-18,20-21,25-26H,5-6,9,12-15H2,1-4H3,(H,29,30)/t17-,18-,20?,21+,25+,26-,27-,28-/m1/s1. The SMILES string of the molecule is COc1cc(C=CC(=O)O)ccc1OCCCO[C@H]1O[C@@H]2O[C@@]3(C)CCC4[C@H](C)CC[C@@H]([C@H]1C)[C@]42OO3. The lowest BCUT2D eigenvalue weighted by atomic mass is 9.58. The van der Waals surface area contributed by atoms with Crippen molar-refractivity contribution >= 4 is 12.0 Å². The summed E-state index contributed by atoms with van der Waals surface area (Å²) < 4.78 is 30.4. The lowest BCUT2D eigenvalue weighted by Crippen LogP contribution is -2.70. The molecule has 204 valence electrons. The van der Waals surface area contributed by atoms with Crippen LogP contribution in [-0.2, 0) is 28.8 Å². The van der Waals surface area contributed by atoms with Crippen LogP contribution in [0.1, 0.15) is 58.4 Å². The molecule has 2 bridgehead atoms. The van der Waals surface area contributed by atoms with Gasteiger partial charge in [-0.15, -0.1) is 0 Å². The summed E-state index contributed by atoms with van der Waals surface area (Å²) in [6.07, 6.45) is 6.32. The van der Waals surface area contributed by atoms with Gasteiger partial charge < -0.3 is 28.8 Å². The van der Waals surface area contributed by atoms with E-state index >= 15 is 0 Å². The first-order valence-corrected chi connectivity index (χ1v) is 13.3. The van der Waals surface area contributed by atoms with Crippen LogP contribution in [0.3, 0.4) is 0 Å². The summed E-state index contributed by atoms with van der Waals surface area (Å²) in [6, 6.07) is 5.30. The number of hydrogen-bond donors (Lipinski definition) is 1. The van der Waals surface area contributed by atoms with E-state index in [1.54, 1.807) is 25.3 Å². The highest BCUT2D eigenvalue weighted by Crippen LogP contribution is 2.60. The van der Waals surface area contributed by atoms with Crippen LogP contribution in [0.5, 0.6) is 11.5 Å². The van der Waals surface area contributed by atoms with Crippen LogP contribution in [-0.4, -0.2) is 55.4 Å². The number of carbonyl (C=O) groups is 1. The maximum Gasteiger partial charge on any atom is 0.328 e. The molecular weight excluding hydrogens is 480 g/mol. The molecule has 1 aromatic rings. The monoisotopic (exact) mass is 518 g/mol. The van der Waals surface area contributed by atoms with Crippen molar-refractivity contribution < 1.29 is 43.4 Å². The van der Waals surface area contributed by atoms with Crippen molar-refractivity contribution in [3.05, 3.63) is 29.8 Å². The third-order valence-electron chi connectivity index (χ3n) is 8.53. The van der Waals surface area contributed by atoms with Gasteiger partial charge in [-0.05, 0) is 61.8 Å². The maximum absolute atomic E-state index is 10.7. The molecule has 0 amide bonds. The highest BCUT2D eigenvalue weighted by molar-refractivity contribution is 5.85. The third kappa shape index (κ3) is 5.00. The van der Waals surface area contributed by atoms with Crippen molar-refractivity contribution in [2.24, 2.45) is 23.7 Å². The molecule has 1 aliphatic carbocycles. The lowest BCUT2D eigenvalue weighted by molar-refractivity contribution is -0.577. The second-order valence-corrected chi connectivity index (χ2v) is 10.9. The average molecular weight is 519 g/mol. The number of methoxy groups -OCH3 is 1. The fraction of sp³-hybridized carbons (Fsp3) is 0.679. The first kappa shape index (κ1) is 26.4. The van der Waals surface area contributed by atoms with Gasteiger partial charge in [0.1, 0.15) is 0 Å². The molecule has 9 nitrogen and oxygen atoms in total. The highest BCUT2D eigenvalue weighted by Gasteiger charge is 2.69. The number of ether oxygens (including phenoxy) is 5. The zero-order chi connectivity index (χ0) is 26.2. The van der Waals surface area contributed by atoms with Gasteiger partial charge >= 0.3 is 5.97 Å². The quantitative estimate of drug-likeness (QED) is 0.281. The molecule has 1 aromatic carbocycles. The first-order valence-electron chi connectivity index (χ1n) is 13.3. The Morgan fingerprint density at radius 1 is 1.14 bits per heavy atom. The molecule has 1 spiro atoms. The van der Waals surface area contributed by atoms with Crippen LogP contribution in [0.15, 0.2) is 24.3 Å². The third-order valence-corrected chi connectivity index (χ3v) is 8.53. The summed E-state index contributed by atoms with van der Waals surface area (Å²) in [5.41, 5.74) is 0.131. The second-order valence-electron chi connectivity index (χ2n) is 10.9. The molecule has 4 aliphatic heterocycles. The van der Waals surface area contributed by atoms with Gasteiger partial charge in [0.05, 0.1) is 20.3 Å². The van der Waals surface area contributed by atoms with Crippen molar-refractivity contribution in [1.82, 2.24) is 0 Å². The number of carboxylic acid groups (broad SMARTS) is 1. The molecule has 0 radical (unpaired) electrons. The predicted octanol–water partition coefficient (Wildman–Crippen LogP) is 4.79.